The van der Waals surface area contributed by atoms with E-state index in [9.17, 15) is 14.7 Å². The second kappa shape index (κ2) is 6.55. The number of hydrogen-bond acceptors (Lipinski definition) is 5. The summed E-state index contributed by atoms with van der Waals surface area (Å²) < 4.78 is 0. The Kier molecular flexibility index (Phi) is 4.31. The van der Waals surface area contributed by atoms with Gasteiger partial charge in [-0.15, -0.1) is 0 Å². The molecule has 122 valence electrons. The molecule has 0 aliphatic carbocycles. The van der Waals surface area contributed by atoms with Gasteiger partial charge in [0, 0.05) is 11.8 Å². The van der Waals surface area contributed by atoms with Crippen LogP contribution in [0.2, 0.25) is 0 Å². The van der Waals surface area contributed by atoms with Gasteiger partial charge >= 0.3 is 0 Å². The third-order valence-corrected chi connectivity index (χ3v) is 3.68. The van der Waals surface area contributed by atoms with Crippen molar-refractivity contribution in [3.8, 4) is 16.9 Å². The minimum atomic E-state index is -0.455. The summed E-state index contributed by atoms with van der Waals surface area (Å²) in [6, 6.07) is 14.2. The van der Waals surface area contributed by atoms with Crippen molar-refractivity contribution < 1.29 is 19.8 Å². The number of amides is 2. The average Bonchev–Trinajstić information content (AvgIpc) is 2.84. The molecular formula is C18H16N2O4. The number of nitrogens with zero attached hydrogens (tertiary/aromatic N) is 1. The highest BCUT2D eigenvalue weighted by molar-refractivity contribution is 6.17. The first kappa shape index (κ1) is 15.8. The van der Waals surface area contributed by atoms with Crippen LogP contribution >= 0.6 is 0 Å². The van der Waals surface area contributed by atoms with Crippen molar-refractivity contribution in [1.82, 2.24) is 4.90 Å². The van der Waals surface area contributed by atoms with E-state index in [1.54, 1.807) is 30.3 Å². The number of phenolic OH excluding ortho intramolecular Hbond substituents is 1. The van der Waals surface area contributed by atoms with Crippen LogP contribution in [0.4, 0.5) is 5.69 Å². The number of aliphatic hydroxyl groups is 1. The van der Waals surface area contributed by atoms with Crippen molar-refractivity contribution in [2.45, 2.75) is 0 Å². The SMILES string of the molecule is O=C1C=C(Nc2cccc(-c3ccc(O)cc3)c2)C(=O)N1CCO. The molecule has 0 aromatic heterocycles. The van der Waals surface area contributed by atoms with Gasteiger partial charge < -0.3 is 15.5 Å². The maximum atomic E-state index is 12.1. The lowest BCUT2D eigenvalue weighted by molar-refractivity contribution is -0.137. The highest BCUT2D eigenvalue weighted by atomic mass is 16.3. The lowest BCUT2D eigenvalue weighted by atomic mass is 10.0. The van der Waals surface area contributed by atoms with Crippen LogP contribution in [-0.2, 0) is 9.59 Å². The second-order valence-electron chi connectivity index (χ2n) is 5.33. The molecular weight excluding hydrogens is 308 g/mol. The van der Waals surface area contributed by atoms with Crippen LogP contribution in [-0.4, -0.2) is 40.1 Å². The lowest BCUT2D eigenvalue weighted by Crippen LogP contribution is -2.34. The standard InChI is InChI=1S/C18H16N2O4/c21-9-8-20-17(23)11-16(18(20)24)19-14-3-1-2-13(10-14)12-4-6-15(22)7-5-12/h1-7,10-11,19,21-22H,8-9H2. The quantitative estimate of drug-likeness (QED) is 0.729. The molecule has 0 fully saturated rings. The van der Waals surface area contributed by atoms with Crippen molar-refractivity contribution in [2.24, 2.45) is 0 Å². The molecule has 1 aliphatic heterocycles. The Hall–Kier alpha value is -3.12. The van der Waals surface area contributed by atoms with E-state index in [1.165, 1.54) is 6.08 Å². The summed E-state index contributed by atoms with van der Waals surface area (Å²) in [5.41, 5.74) is 2.67. The van der Waals surface area contributed by atoms with Crippen molar-refractivity contribution in [3.63, 3.8) is 0 Å². The summed E-state index contributed by atoms with van der Waals surface area (Å²) >= 11 is 0. The third kappa shape index (κ3) is 3.13. The van der Waals surface area contributed by atoms with Crippen LogP contribution < -0.4 is 5.32 Å². The molecule has 6 nitrogen and oxygen atoms in total. The molecule has 3 N–H and O–H groups in total. The number of β-amino-alcohol motifs (C(OH)–C–C–N with tert-alkyl or cyclic N) is 1. The van der Waals surface area contributed by atoms with Crippen LogP contribution in [0.15, 0.2) is 60.3 Å². The molecule has 2 aromatic rings. The molecule has 0 saturated heterocycles. The molecule has 0 bridgehead atoms. The van der Waals surface area contributed by atoms with E-state index in [4.69, 9.17) is 5.11 Å². The highest BCUT2D eigenvalue weighted by Crippen LogP contribution is 2.25. The lowest BCUT2D eigenvalue weighted by Gasteiger charge is -2.13. The molecule has 1 heterocycles. The molecule has 1 aliphatic rings. The molecule has 0 unspecified atom stereocenters. The van der Waals surface area contributed by atoms with Crippen LogP contribution in [0.3, 0.4) is 0 Å². The second-order valence-corrected chi connectivity index (χ2v) is 5.33. The number of carbonyl (C=O) groups is 2. The molecule has 2 amide bonds. The van der Waals surface area contributed by atoms with Crippen molar-refractivity contribution >= 4 is 17.5 Å². The molecule has 2 aromatic carbocycles. The molecule has 0 spiro atoms. The zero-order valence-electron chi connectivity index (χ0n) is 12.8. The fourth-order valence-corrected chi connectivity index (χ4v) is 2.50. The summed E-state index contributed by atoms with van der Waals surface area (Å²) in [5.74, 6) is -0.701. The van der Waals surface area contributed by atoms with Gasteiger partial charge in [0.15, 0.2) is 0 Å². The van der Waals surface area contributed by atoms with Crippen molar-refractivity contribution in [3.05, 3.63) is 60.3 Å². The zero-order chi connectivity index (χ0) is 17.1. The molecule has 0 radical (unpaired) electrons. The number of benzene rings is 2. The maximum Gasteiger partial charge on any atom is 0.277 e. The van der Waals surface area contributed by atoms with E-state index in [-0.39, 0.29) is 24.6 Å². The number of rotatable bonds is 5. The Morgan fingerprint density at radius 2 is 1.75 bits per heavy atom. The number of imide groups is 1. The number of aromatic hydroxyl groups is 1. The van der Waals surface area contributed by atoms with Gasteiger partial charge in [0.1, 0.15) is 11.4 Å². The van der Waals surface area contributed by atoms with Gasteiger partial charge in [0.2, 0.25) is 0 Å². The Morgan fingerprint density at radius 3 is 2.46 bits per heavy atom. The molecule has 3 rings (SSSR count). The molecule has 6 heteroatoms. The number of phenols is 1. The van der Waals surface area contributed by atoms with E-state index in [2.05, 4.69) is 5.32 Å². The van der Waals surface area contributed by atoms with Gasteiger partial charge in [-0.2, -0.15) is 0 Å². The molecule has 0 atom stereocenters. The van der Waals surface area contributed by atoms with Gasteiger partial charge in [-0.05, 0) is 35.4 Å². The van der Waals surface area contributed by atoms with Crippen LogP contribution in [0, 0.1) is 0 Å². The minimum absolute atomic E-state index is 0.0209. The maximum absolute atomic E-state index is 12.1. The normalized spacial score (nSPS) is 14.0. The van der Waals surface area contributed by atoms with Crippen molar-refractivity contribution in [2.75, 3.05) is 18.5 Å². The number of anilines is 1. The summed E-state index contributed by atoms with van der Waals surface area (Å²) in [6.07, 6.45) is 1.23. The minimum Gasteiger partial charge on any atom is -0.508 e. The van der Waals surface area contributed by atoms with Crippen molar-refractivity contribution in [1.29, 1.82) is 0 Å². The van der Waals surface area contributed by atoms with Crippen LogP contribution in [0.25, 0.3) is 11.1 Å². The summed E-state index contributed by atoms with van der Waals surface area (Å²) in [7, 11) is 0. The Balaban J connectivity index is 1.81. The third-order valence-electron chi connectivity index (χ3n) is 3.68. The summed E-state index contributed by atoms with van der Waals surface area (Å²) in [6.45, 7) is -0.290. The predicted molar refractivity (Wildman–Crippen MR) is 89.1 cm³/mol. The topological polar surface area (TPSA) is 89.9 Å². The monoisotopic (exact) mass is 324 g/mol. The fourth-order valence-electron chi connectivity index (χ4n) is 2.50. The molecule has 0 saturated carbocycles. The van der Waals surface area contributed by atoms with Gasteiger partial charge in [-0.1, -0.05) is 24.3 Å². The van der Waals surface area contributed by atoms with Crippen LogP contribution in [0.1, 0.15) is 0 Å². The van der Waals surface area contributed by atoms with E-state index in [0.29, 0.717) is 5.69 Å². The fraction of sp³-hybridized carbons (Fsp3) is 0.111. The summed E-state index contributed by atoms with van der Waals surface area (Å²) in [4.78, 5) is 24.9. The largest absolute Gasteiger partial charge is 0.508 e. The Morgan fingerprint density at radius 1 is 1.00 bits per heavy atom. The van der Waals surface area contributed by atoms with Gasteiger partial charge in [-0.3, -0.25) is 14.5 Å². The van der Waals surface area contributed by atoms with Gasteiger partial charge in [0.05, 0.1) is 13.2 Å². The first-order valence-electron chi connectivity index (χ1n) is 7.43. The first-order chi connectivity index (χ1) is 11.6. The van der Waals surface area contributed by atoms with E-state index < -0.39 is 11.8 Å². The van der Waals surface area contributed by atoms with Gasteiger partial charge in [0.25, 0.3) is 11.8 Å². The van der Waals surface area contributed by atoms with Crippen LogP contribution in [0.5, 0.6) is 5.75 Å². The number of aliphatic hydroxyl groups excluding tert-OH is 1. The number of nitrogens with one attached hydrogen (secondary N) is 1. The average molecular weight is 324 g/mol. The summed E-state index contributed by atoms with van der Waals surface area (Å²) in [5, 5.41) is 21.2. The smallest absolute Gasteiger partial charge is 0.277 e. The predicted octanol–water partition coefficient (Wildman–Crippen LogP) is 1.72. The first-order valence-corrected chi connectivity index (χ1v) is 7.43. The molecule has 24 heavy (non-hydrogen) atoms. The van der Waals surface area contributed by atoms with E-state index in [1.807, 2.05) is 18.2 Å². The van der Waals surface area contributed by atoms with E-state index >= 15 is 0 Å². The Labute approximate surface area is 138 Å². The van der Waals surface area contributed by atoms with Gasteiger partial charge in [-0.25, -0.2) is 0 Å². The number of hydrogen-bond donors (Lipinski definition) is 3. The van der Waals surface area contributed by atoms with E-state index in [0.717, 1.165) is 16.0 Å². The Bertz CT molecular complexity index is 812. The highest BCUT2D eigenvalue weighted by Gasteiger charge is 2.30. The zero-order valence-corrected chi connectivity index (χ0v) is 12.8. The number of carbonyl (C=O) groups excluding carboxylic acids is 2.